The molecule has 26 heavy (non-hydrogen) atoms. The van der Waals surface area contributed by atoms with E-state index in [1.54, 1.807) is 38.1 Å². The molecule has 0 aromatic heterocycles. The Morgan fingerprint density at radius 3 is 1.92 bits per heavy atom. The number of aliphatic carboxylic acids is 3. The molecule has 136 valence electrons. The molecule has 0 fully saturated rings. The van der Waals surface area contributed by atoms with Crippen LogP contribution in [0.1, 0.15) is 37.8 Å². The van der Waals surface area contributed by atoms with Gasteiger partial charge in [0.15, 0.2) is 0 Å². The van der Waals surface area contributed by atoms with Gasteiger partial charge in [0.25, 0.3) is 0 Å². The Hall–Kier alpha value is -3.35. The van der Waals surface area contributed by atoms with Gasteiger partial charge < -0.3 is 20.6 Å². The first-order valence-corrected chi connectivity index (χ1v) is 7.80. The van der Waals surface area contributed by atoms with E-state index in [2.05, 4.69) is 5.32 Å². The van der Waals surface area contributed by atoms with Crippen molar-refractivity contribution in [2.75, 3.05) is 0 Å². The number of carboxylic acid groups (broad SMARTS) is 3. The maximum Gasteiger partial charge on any atom is 0.334 e. The molecule has 2 rings (SSSR count). The summed E-state index contributed by atoms with van der Waals surface area (Å²) in [5, 5.41) is 31.3. The predicted molar refractivity (Wildman–Crippen MR) is 94.3 cm³/mol. The monoisotopic (exact) mass is 357 g/mol. The molecule has 1 aliphatic rings. The van der Waals surface area contributed by atoms with Crippen LogP contribution in [0.25, 0.3) is 6.08 Å². The summed E-state index contributed by atoms with van der Waals surface area (Å²) in [4.78, 5) is 34.8. The number of benzene rings is 1. The Labute approximate surface area is 150 Å². The van der Waals surface area contributed by atoms with Crippen LogP contribution in [-0.4, -0.2) is 33.2 Å². The Bertz CT molecular complexity index is 855. The first-order valence-electron chi connectivity index (χ1n) is 7.80. The summed E-state index contributed by atoms with van der Waals surface area (Å²) in [6.45, 7) is 4.55. The van der Waals surface area contributed by atoms with Crippen molar-refractivity contribution in [2.24, 2.45) is 0 Å². The topological polar surface area (TPSA) is 124 Å². The van der Waals surface area contributed by atoms with Crippen LogP contribution in [0, 0.1) is 0 Å². The van der Waals surface area contributed by atoms with Gasteiger partial charge in [-0.1, -0.05) is 24.3 Å². The average molecular weight is 357 g/mol. The molecule has 4 N–H and O–H groups in total. The zero-order valence-corrected chi connectivity index (χ0v) is 14.5. The standard InChI is InChI=1S/C19H19NO6/c1-9(17(21)22)8-12-6-4-5-7-13(12)16-14(18(23)24)10(2)20-11(3)15(16)19(25)26/h4-8,16,20H,1-3H3,(H,21,22)(H,23,24)(H,25,26). The van der Waals surface area contributed by atoms with E-state index in [4.69, 9.17) is 5.11 Å². The van der Waals surface area contributed by atoms with E-state index in [0.29, 0.717) is 22.5 Å². The third-order valence-corrected chi connectivity index (χ3v) is 4.24. The highest BCUT2D eigenvalue weighted by Crippen LogP contribution is 2.40. The van der Waals surface area contributed by atoms with Crippen LogP contribution in [0.3, 0.4) is 0 Å². The van der Waals surface area contributed by atoms with E-state index < -0.39 is 23.8 Å². The smallest absolute Gasteiger partial charge is 0.334 e. The Morgan fingerprint density at radius 2 is 1.46 bits per heavy atom. The zero-order chi connectivity index (χ0) is 19.6. The second-order valence-corrected chi connectivity index (χ2v) is 6.01. The van der Waals surface area contributed by atoms with E-state index in [1.807, 2.05) is 0 Å². The van der Waals surface area contributed by atoms with Gasteiger partial charge in [-0.05, 0) is 38.0 Å². The molecule has 0 amide bonds. The summed E-state index contributed by atoms with van der Waals surface area (Å²) in [6, 6.07) is 6.59. The van der Waals surface area contributed by atoms with Crippen LogP contribution in [0.5, 0.6) is 0 Å². The number of allylic oxidation sites excluding steroid dienone is 2. The number of carboxylic acids is 3. The number of dihydropyridines is 1. The highest BCUT2D eigenvalue weighted by molar-refractivity contribution is 5.99. The average Bonchev–Trinajstić information content (AvgIpc) is 2.53. The summed E-state index contributed by atoms with van der Waals surface area (Å²) < 4.78 is 0. The first-order chi connectivity index (χ1) is 12.1. The van der Waals surface area contributed by atoms with Gasteiger partial charge in [-0.3, -0.25) is 0 Å². The van der Waals surface area contributed by atoms with Crippen molar-refractivity contribution in [1.29, 1.82) is 0 Å². The molecule has 1 heterocycles. The van der Waals surface area contributed by atoms with Crippen molar-refractivity contribution in [3.63, 3.8) is 0 Å². The second-order valence-electron chi connectivity index (χ2n) is 6.01. The Kier molecular flexibility index (Phi) is 5.30. The molecular formula is C19H19NO6. The highest BCUT2D eigenvalue weighted by Gasteiger charge is 2.37. The summed E-state index contributed by atoms with van der Waals surface area (Å²) in [6.07, 6.45) is 1.41. The normalized spacial score (nSPS) is 15.7. The fraction of sp³-hybridized carbons (Fsp3) is 0.211. The molecule has 0 spiro atoms. The number of hydrogen-bond acceptors (Lipinski definition) is 4. The van der Waals surface area contributed by atoms with Crippen molar-refractivity contribution in [1.82, 2.24) is 5.32 Å². The summed E-state index contributed by atoms with van der Waals surface area (Å²) in [5.41, 5.74) is 1.46. The van der Waals surface area contributed by atoms with Gasteiger partial charge in [0.05, 0.1) is 17.1 Å². The largest absolute Gasteiger partial charge is 0.478 e. The first kappa shape index (κ1) is 19.0. The van der Waals surface area contributed by atoms with Crippen LogP contribution in [-0.2, 0) is 14.4 Å². The second kappa shape index (κ2) is 7.26. The zero-order valence-electron chi connectivity index (χ0n) is 14.5. The minimum absolute atomic E-state index is 0.0570. The Morgan fingerprint density at radius 1 is 0.962 bits per heavy atom. The minimum Gasteiger partial charge on any atom is -0.478 e. The molecule has 7 heteroatoms. The molecule has 1 aromatic carbocycles. The molecular weight excluding hydrogens is 338 g/mol. The summed E-state index contributed by atoms with van der Waals surface area (Å²) in [7, 11) is 0. The lowest BCUT2D eigenvalue weighted by molar-refractivity contribution is -0.134. The van der Waals surface area contributed by atoms with Crippen LogP contribution >= 0.6 is 0 Å². The molecule has 1 aromatic rings. The molecule has 0 saturated heterocycles. The molecule has 0 unspecified atom stereocenters. The van der Waals surface area contributed by atoms with Gasteiger partial charge in [-0.2, -0.15) is 0 Å². The van der Waals surface area contributed by atoms with Gasteiger partial charge in [-0.25, -0.2) is 14.4 Å². The highest BCUT2D eigenvalue weighted by atomic mass is 16.4. The van der Waals surface area contributed by atoms with Crippen LogP contribution in [0.2, 0.25) is 0 Å². The molecule has 1 aliphatic heterocycles. The maximum atomic E-state index is 11.8. The van der Waals surface area contributed by atoms with Crippen molar-refractivity contribution in [3.8, 4) is 0 Å². The minimum atomic E-state index is -1.24. The van der Waals surface area contributed by atoms with Gasteiger partial charge >= 0.3 is 17.9 Å². The van der Waals surface area contributed by atoms with Crippen molar-refractivity contribution >= 4 is 24.0 Å². The fourth-order valence-corrected chi connectivity index (χ4v) is 3.07. The van der Waals surface area contributed by atoms with Gasteiger partial charge in [0, 0.05) is 17.0 Å². The van der Waals surface area contributed by atoms with Crippen LogP contribution < -0.4 is 5.32 Å². The van der Waals surface area contributed by atoms with E-state index in [1.165, 1.54) is 13.0 Å². The van der Waals surface area contributed by atoms with Crippen LogP contribution in [0.15, 0.2) is 52.4 Å². The lowest BCUT2D eigenvalue weighted by atomic mass is 9.78. The lowest BCUT2D eigenvalue weighted by Gasteiger charge is -2.29. The number of nitrogens with one attached hydrogen (secondary N) is 1. The number of carbonyl (C=O) groups is 3. The van der Waals surface area contributed by atoms with E-state index in [0.717, 1.165) is 0 Å². The van der Waals surface area contributed by atoms with Gasteiger partial charge in [-0.15, -0.1) is 0 Å². The molecule has 0 atom stereocenters. The van der Waals surface area contributed by atoms with Crippen molar-refractivity contribution < 1.29 is 29.7 Å². The molecule has 0 bridgehead atoms. The maximum absolute atomic E-state index is 11.8. The van der Waals surface area contributed by atoms with E-state index >= 15 is 0 Å². The predicted octanol–water partition coefficient (Wildman–Crippen LogP) is 2.58. The van der Waals surface area contributed by atoms with E-state index in [-0.39, 0.29) is 16.7 Å². The SMILES string of the molecule is CC(=Cc1ccccc1C1C(C(=O)O)=C(C)NC(C)=C1C(=O)O)C(=O)O. The molecule has 7 nitrogen and oxygen atoms in total. The molecule has 0 saturated carbocycles. The van der Waals surface area contributed by atoms with Crippen molar-refractivity contribution in [2.45, 2.75) is 26.7 Å². The van der Waals surface area contributed by atoms with Gasteiger partial charge in [0.2, 0.25) is 0 Å². The van der Waals surface area contributed by atoms with Crippen LogP contribution in [0.4, 0.5) is 0 Å². The molecule has 0 radical (unpaired) electrons. The lowest BCUT2D eigenvalue weighted by Crippen LogP contribution is -2.31. The quantitative estimate of drug-likeness (QED) is 0.597. The summed E-state index contributed by atoms with van der Waals surface area (Å²) >= 11 is 0. The number of hydrogen-bond donors (Lipinski definition) is 4. The fourth-order valence-electron chi connectivity index (χ4n) is 3.07. The van der Waals surface area contributed by atoms with E-state index in [9.17, 15) is 24.6 Å². The number of rotatable bonds is 5. The third kappa shape index (κ3) is 3.51. The Balaban J connectivity index is 2.79. The third-order valence-electron chi connectivity index (χ3n) is 4.24. The van der Waals surface area contributed by atoms with Crippen molar-refractivity contribution in [3.05, 3.63) is 63.5 Å². The van der Waals surface area contributed by atoms with Gasteiger partial charge in [0.1, 0.15) is 0 Å². The molecule has 0 aliphatic carbocycles. The summed E-state index contributed by atoms with van der Waals surface area (Å²) in [5.74, 6) is -4.61.